The quantitative estimate of drug-likeness (QED) is 0.843. The number of anilines is 2. The highest BCUT2D eigenvalue weighted by Gasteiger charge is 2.17. The summed E-state index contributed by atoms with van der Waals surface area (Å²) in [5.74, 6) is -0.659. The molecule has 2 rings (SSSR count). The van der Waals surface area contributed by atoms with Crippen LogP contribution in [0.3, 0.4) is 0 Å². The number of hydrogen-bond acceptors (Lipinski definition) is 5. The standard InChI is InChI=1S/C15H21FN2O3/c1-3-21-15(19)11(2)17-12-4-5-14(13(16)10-12)18-6-8-20-9-7-18/h4-5,10-11,17H,3,6-9H2,1-2H3. The van der Waals surface area contributed by atoms with Crippen molar-refractivity contribution in [1.82, 2.24) is 0 Å². The van der Waals surface area contributed by atoms with Crippen molar-refractivity contribution in [2.24, 2.45) is 0 Å². The minimum Gasteiger partial charge on any atom is -0.464 e. The van der Waals surface area contributed by atoms with Crippen LogP contribution in [0.2, 0.25) is 0 Å². The molecule has 0 amide bonds. The van der Waals surface area contributed by atoms with E-state index in [1.807, 2.05) is 4.90 Å². The van der Waals surface area contributed by atoms with Crippen LogP contribution in [0.1, 0.15) is 13.8 Å². The van der Waals surface area contributed by atoms with Gasteiger partial charge in [-0.3, -0.25) is 0 Å². The zero-order valence-electron chi connectivity index (χ0n) is 12.4. The Bertz CT molecular complexity index is 490. The van der Waals surface area contributed by atoms with Crippen molar-refractivity contribution in [2.45, 2.75) is 19.9 Å². The van der Waals surface area contributed by atoms with Crippen molar-refractivity contribution in [1.29, 1.82) is 0 Å². The van der Waals surface area contributed by atoms with E-state index in [1.54, 1.807) is 26.0 Å². The highest BCUT2D eigenvalue weighted by atomic mass is 19.1. The van der Waals surface area contributed by atoms with Gasteiger partial charge >= 0.3 is 5.97 Å². The number of nitrogens with zero attached hydrogens (tertiary/aromatic N) is 1. The average Bonchev–Trinajstić information content (AvgIpc) is 2.48. The highest BCUT2D eigenvalue weighted by Crippen LogP contribution is 2.24. The summed E-state index contributed by atoms with van der Waals surface area (Å²) < 4.78 is 24.4. The Balaban J connectivity index is 2.03. The summed E-state index contributed by atoms with van der Waals surface area (Å²) in [5, 5.41) is 2.94. The molecule has 1 fully saturated rings. The monoisotopic (exact) mass is 296 g/mol. The molecular weight excluding hydrogens is 275 g/mol. The Morgan fingerprint density at radius 2 is 2.19 bits per heavy atom. The van der Waals surface area contributed by atoms with Crippen molar-refractivity contribution >= 4 is 17.3 Å². The first kappa shape index (κ1) is 15.6. The Morgan fingerprint density at radius 3 is 2.81 bits per heavy atom. The van der Waals surface area contributed by atoms with E-state index in [9.17, 15) is 9.18 Å². The summed E-state index contributed by atoms with van der Waals surface area (Å²) in [4.78, 5) is 13.5. The van der Waals surface area contributed by atoms with Gasteiger partial charge in [0.15, 0.2) is 0 Å². The molecule has 0 aromatic heterocycles. The maximum absolute atomic E-state index is 14.2. The van der Waals surface area contributed by atoms with Gasteiger partial charge in [0.2, 0.25) is 0 Å². The van der Waals surface area contributed by atoms with Gasteiger partial charge in [-0.25, -0.2) is 9.18 Å². The molecule has 1 aromatic rings. The lowest BCUT2D eigenvalue weighted by Gasteiger charge is -2.29. The Hall–Kier alpha value is -1.82. The predicted molar refractivity (Wildman–Crippen MR) is 79.1 cm³/mol. The summed E-state index contributed by atoms with van der Waals surface area (Å²) >= 11 is 0. The Labute approximate surface area is 124 Å². The van der Waals surface area contributed by atoms with E-state index in [1.165, 1.54) is 6.07 Å². The minimum atomic E-state index is -0.515. The van der Waals surface area contributed by atoms with E-state index >= 15 is 0 Å². The molecule has 5 nitrogen and oxygen atoms in total. The molecule has 1 unspecified atom stereocenters. The van der Waals surface area contributed by atoms with Crippen molar-refractivity contribution in [3.8, 4) is 0 Å². The molecular formula is C15H21FN2O3. The van der Waals surface area contributed by atoms with Crippen molar-refractivity contribution in [2.75, 3.05) is 43.1 Å². The van der Waals surface area contributed by atoms with E-state index in [4.69, 9.17) is 9.47 Å². The Kier molecular flexibility index (Phi) is 5.38. The first-order valence-electron chi connectivity index (χ1n) is 7.17. The van der Waals surface area contributed by atoms with Gasteiger partial charge in [0.25, 0.3) is 0 Å². The third-order valence-electron chi connectivity index (χ3n) is 3.32. The molecule has 1 atom stereocenters. The molecule has 1 aliphatic heterocycles. The number of rotatable bonds is 5. The number of hydrogen-bond donors (Lipinski definition) is 1. The van der Waals surface area contributed by atoms with Crippen LogP contribution in [0.15, 0.2) is 18.2 Å². The van der Waals surface area contributed by atoms with Crippen LogP contribution in [0.4, 0.5) is 15.8 Å². The zero-order chi connectivity index (χ0) is 15.2. The number of morpholine rings is 1. The lowest BCUT2D eigenvalue weighted by Crippen LogP contribution is -2.36. The predicted octanol–water partition coefficient (Wildman–Crippen LogP) is 2.03. The van der Waals surface area contributed by atoms with Crippen molar-refractivity contribution in [3.63, 3.8) is 0 Å². The van der Waals surface area contributed by atoms with Gasteiger partial charge < -0.3 is 19.7 Å². The first-order valence-corrected chi connectivity index (χ1v) is 7.17. The summed E-state index contributed by atoms with van der Waals surface area (Å²) in [6.07, 6.45) is 0. The molecule has 0 aliphatic carbocycles. The maximum atomic E-state index is 14.2. The fourth-order valence-electron chi connectivity index (χ4n) is 2.23. The number of ether oxygens (including phenoxy) is 2. The van der Waals surface area contributed by atoms with E-state index in [0.29, 0.717) is 44.3 Å². The summed E-state index contributed by atoms with van der Waals surface area (Å²) in [5.41, 5.74) is 1.12. The van der Waals surface area contributed by atoms with Crippen LogP contribution < -0.4 is 10.2 Å². The second kappa shape index (κ2) is 7.26. The van der Waals surface area contributed by atoms with Crippen molar-refractivity contribution < 1.29 is 18.7 Å². The third kappa shape index (κ3) is 4.07. The van der Waals surface area contributed by atoms with E-state index in [2.05, 4.69) is 5.32 Å². The van der Waals surface area contributed by atoms with Crippen LogP contribution in [-0.2, 0) is 14.3 Å². The van der Waals surface area contributed by atoms with Crippen molar-refractivity contribution in [3.05, 3.63) is 24.0 Å². The smallest absolute Gasteiger partial charge is 0.328 e. The summed E-state index contributed by atoms with van der Waals surface area (Å²) in [6, 6.07) is 4.38. The molecule has 1 saturated heterocycles. The number of carbonyl (C=O) groups excluding carboxylic acids is 1. The lowest BCUT2D eigenvalue weighted by atomic mass is 10.2. The topological polar surface area (TPSA) is 50.8 Å². The maximum Gasteiger partial charge on any atom is 0.328 e. The zero-order valence-corrected chi connectivity index (χ0v) is 12.4. The molecule has 0 bridgehead atoms. The molecule has 116 valence electrons. The Morgan fingerprint density at radius 1 is 1.48 bits per heavy atom. The molecule has 1 heterocycles. The molecule has 1 aliphatic rings. The van der Waals surface area contributed by atoms with Gasteiger partial charge in [0, 0.05) is 18.8 Å². The molecule has 1 aromatic carbocycles. The van der Waals surface area contributed by atoms with Gasteiger partial charge in [-0.05, 0) is 32.0 Å². The molecule has 21 heavy (non-hydrogen) atoms. The van der Waals surface area contributed by atoms with Crippen LogP contribution in [0.5, 0.6) is 0 Å². The lowest BCUT2D eigenvalue weighted by molar-refractivity contribution is -0.143. The third-order valence-corrected chi connectivity index (χ3v) is 3.32. The van der Waals surface area contributed by atoms with Gasteiger partial charge in [-0.1, -0.05) is 0 Å². The number of benzene rings is 1. The molecule has 0 saturated carbocycles. The fourth-order valence-corrected chi connectivity index (χ4v) is 2.23. The van der Waals surface area contributed by atoms with Crippen LogP contribution in [0, 0.1) is 5.82 Å². The number of esters is 1. The first-order chi connectivity index (χ1) is 10.1. The second-order valence-electron chi connectivity index (χ2n) is 4.88. The van der Waals surface area contributed by atoms with Gasteiger partial charge in [0.1, 0.15) is 11.9 Å². The van der Waals surface area contributed by atoms with Crippen LogP contribution in [0.25, 0.3) is 0 Å². The summed E-state index contributed by atoms with van der Waals surface area (Å²) in [7, 11) is 0. The van der Waals surface area contributed by atoms with Crippen LogP contribution in [-0.4, -0.2) is 44.9 Å². The number of carbonyl (C=O) groups is 1. The fraction of sp³-hybridized carbons (Fsp3) is 0.533. The highest BCUT2D eigenvalue weighted by molar-refractivity contribution is 5.79. The van der Waals surface area contributed by atoms with E-state index in [0.717, 1.165) is 0 Å². The van der Waals surface area contributed by atoms with E-state index in [-0.39, 0.29) is 11.8 Å². The second-order valence-corrected chi connectivity index (χ2v) is 4.88. The molecule has 0 radical (unpaired) electrons. The largest absolute Gasteiger partial charge is 0.464 e. The normalized spacial score (nSPS) is 16.4. The average molecular weight is 296 g/mol. The number of halogens is 1. The van der Waals surface area contributed by atoms with Crippen LogP contribution >= 0.6 is 0 Å². The SMILES string of the molecule is CCOC(=O)C(C)Nc1ccc(N2CCOCC2)c(F)c1. The van der Waals surface area contributed by atoms with E-state index < -0.39 is 6.04 Å². The van der Waals surface area contributed by atoms with Gasteiger partial charge in [-0.2, -0.15) is 0 Å². The number of nitrogens with one attached hydrogen (secondary N) is 1. The molecule has 0 spiro atoms. The molecule has 1 N–H and O–H groups in total. The molecule has 6 heteroatoms. The summed E-state index contributed by atoms with van der Waals surface area (Å²) in [6.45, 7) is 6.35. The minimum absolute atomic E-state index is 0.307. The van der Waals surface area contributed by atoms with Gasteiger partial charge in [-0.15, -0.1) is 0 Å². The van der Waals surface area contributed by atoms with Gasteiger partial charge in [0.05, 0.1) is 25.5 Å².